The summed E-state index contributed by atoms with van der Waals surface area (Å²) in [5.74, 6) is -0.00936. The van der Waals surface area contributed by atoms with Gasteiger partial charge in [0.05, 0.1) is 12.7 Å². The molecule has 0 fully saturated rings. The summed E-state index contributed by atoms with van der Waals surface area (Å²) in [7, 11) is 1.31. The van der Waals surface area contributed by atoms with Crippen molar-refractivity contribution in [3.8, 4) is 11.5 Å². The monoisotopic (exact) mass is 314 g/mol. The Hall–Kier alpha value is -2.82. The lowest BCUT2D eigenvalue weighted by Gasteiger charge is -2.07. The van der Waals surface area contributed by atoms with Gasteiger partial charge in [0.25, 0.3) is 0 Å². The lowest BCUT2D eigenvalue weighted by molar-refractivity contribution is -0.136. The van der Waals surface area contributed by atoms with Crippen LogP contribution in [-0.2, 0) is 16.0 Å². The third-order valence-electron chi connectivity index (χ3n) is 3.20. The number of carbonyl (C=O) groups is 2. The summed E-state index contributed by atoms with van der Waals surface area (Å²) < 4.78 is 15.1. The minimum absolute atomic E-state index is 0.190. The van der Waals surface area contributed by atoms with Crippen molar-refractivity contribution in [2.24, 2.45) is 0 Å². The van der Waals surface area contributed by atoms with Crippen LogP contribution in [0.3, 0.4) is 0 Å². The Morgan fingerprint density at radius 3 is 2.09 bits per heavy atom. The van der Waals surface area contributed by atoms with Crippen LogP contribution in [-0.4, -0.2) is 25.7 Å². The van der Waals surface area contributed by atoms with Crippen LogP contribution in [0.2, 0.25) is 0 Å². The van der Waals surface area contributed by atoms with Gasteiger partial charge in [-0.2, -0.15) is 0 Å². The van der Waals surface area contributed by atoms with Crippen molar-refractivity contribution in [1.82, 2.24) is 0 Å². The molecule has 5 heteroatoms. The van der Waals surface area contributed by atoms with Gasteiger partial charge in [0.15, 0.2) is 6.61 Å². The van der Waals surface area contributed by atoms with Gasteiger partial charge in [-0.3, -0.25) is 0 Å². The summed E-state index contributed by atoms with van der Waals surface area (Å²) in [6.45, 7) is 1.88. The molecular formula is C18H18O5. The number of carbonyl (C=O) groups excluding carboxylic acids is 2. The van der Waals surface area contributed by atoms with Gasteiger partial charge < -0.3 is 14.2 Å². The van der Waals surface area contributed by atoms with Gasteiger partial charge in [0.2, 0.25) is 0 Å². The molecule has 0 spiro atoms. The van der Waals surface area contributed by atoms with E-state index in [1.165, 1.54) is 36.9 Å². The summed E-state index contributed by atoms with van der Waals surface area (Å²) in [6, 6.07) is 13.6. The van der Waals surface area contributed by atoms with Crippen molar-refractivity contribution in [3.05, 3.63) is 59.7 Å². The normalized spacial score (nSPS) is 10.0. The van der Waals surface area contributed by atoms with Gasteiger partial charge in [-0.25, -0.2) is 9.59 Å². The molecule has 0 unspecified atom stereocenters. The fourth-order valence-corrected chi connectivity index (χ4v) is 1.90. The van der Waals surface area contributed by atoms with Crippen LogP contribution in [0.25, 0.3) is 0 Å². The maximum atomic E-state index is 11.7. The van der Waals surface area contributed by atoms with Crippen LogP contribution in [0.1, 0.15) is 22.8 Å². The molecule has 0 atom stereocenters. The van der Waals surface area contributed by atoms with Crippen LogP contribution in [0.5, 0.6) is 11.5 Å². The highest BCUT2D eigenvalue weighted by molar-refractivity contribution is 5.89. The standard InChI is InChI=1S/C18H18O5/c1-3-13-4-8-15(9-5-13)22-12-17(19)23-16-10-6-14(7-11-16)18(20)21-2/h4-11H,3,12H2,1-2H3. The average Bonchev–Trinajstić information content (AvgIpc) is 2.60. The van der Waals surface area contributed by atoms with Crippen LogP contribution in [0.4, 0.5) is 0 Å². The highest BCUT2D eigenvalue weighted by Crippen LogP contribution is 2.15. The van der Waals surface area contributed by atoms with E-state index in [2.05, 4.69) is 11.7 Å². The van der Waals surface area contributed by atoms with Gasteiger partial charge in [0.1, 0.15) is 11.5 Å². The quantitative estimate of drug-likeness (QED) is 0.606. The smallest absolute Gasteiger partial charge is 0.349 e. The molecule has 0 aliphatic carbocycles. The molecule has 0 aliphatic heterocycles. The zero-order valence-electron chi connectivity index (χ0n) is 13.1. The third kappa shape index (κ3) is 4.85. The van der Waals surface area contributed by atoms with E-state index < -0.39 is 11.9 Å². The van der Waals surface area contributed by atoms with Crippen LogP contribution >= 0.6 is 0 Å². The second-order valence-electron chi connectivity index (χ2n) is 4.78. The van der Waals surface area contributed by atoms with E-state index >= 15 is 0 Å². The zero-order valence-corrected chi connectivity index (χ0v) is 13.1. The number of ether oxygens (including phenoxy) is 3. The molecule has 120 valence electrons. The van der Waals surface area contributed by atoms with Gasteiger partial charge in [-0.1, -0.05) is 19.1 Å². The molecule has 2 aromatic rings. The first-order valence-corrected chi connectivity index (χ1v) is 7.23. The minimum atomic E-state index is -0.518. The van der Waals surface area contributed by atoms with Gasteiger partial charge in [-0.05, 0) is 48.4 Å². The predicted octanol–water partition coefficient (Wildman–Crippen LogP) is 3.02. The van der Waals surface area contributed by atoms with Crippen molar-refractivity contribution in [2.75, 3.05) is 13.7 Å². The summed E-state index contributed by atoms with van der Waals surface area (Å²) in [5, 5.41) is 0. The van der Waals surface area contributed by atoms with Crippen LogP contribution in [0, 0.1) is 0 Å². The van der Waals surface area contributed by atoms with Gasteiger partial charge in [0, 0.05) is 0 Å². The molecule has 0 N–H and O–H groups in total. The van der Waals surface area contributed by atoms with Crippen molar-refractivity contribution in [1.29, 1.82) is 0 Å². The first-order valence-electron chi connectivity index (χ1n) is 7.23. The van der Waals surface area contributed by atoms with Gasteiger partial charge in [-0.15, -0.1) is 0 Å². The molecule has 0 radical (unpaired) electrons. The summed E-state index contributed by atoms with van der Waals surface area (Å²) in [5.41, 5.74) is 1.59. The number of hydrogen-bond donors (Lipinski definition) is 0. The molecule has 0 bridgehead atoms. The second-order valence-corrected chi connectivity index (χ2v) is 4.78. The third-order valence-corrected chi connectivity index (χ3v) is 3.20. The Morgan fingerprint density at radius 2 is 1.52 bits per heavy atom. The Bertz CT molecular complexity index is 659. The highest BCUT2D eigenvalue weighted by atomic mass is 16.6. The van der Waals surface area contributed by atoms with Crippen molar-refractivity contribution < 1.29 is 23.8 Å². The lowest BCUT2D eigenvalue weighted by atomic mass is 10.2. The number of hydrogen-bond acceptors (Lipinski definition) is 5. The fourth-order valence-electron chi connectivity index (χ4n) is 1.90. The molecule has 0 amide bonds. The van der Waals surface area contributed by atoms with E-state index in [0.717, 1.165) is 6.42 Å². The van der Waals surface area contributed by atoms with Crippen molar-refractivity contribution in [3.63, 3.8) is 0 Å². The van der Waals surface area contributed by atoms with Gasteiger partial charge >= 0.3 is 11.9 Å². The maximum Gasteiger partial charge on any atom is 0.349 e. The predicted molar refractivity (Wildman–Crippen MR) is 84.7 cm³/mol. The maximum absolute atomic E-state index is 11.7. The minimum Gasteiger partial charge on any atom is -0.482 e. The molecule has 5 nitrogen and oxygen atoms in total. The van der Waals surface area contributed by atoms with Crippen LogP contribution in [0.15, 0.2) is 48.5 Å². The second kappa shape index (κ2) is 7.98. The first kappa shape index (κ1) is 16.5. The van der Waals surface area contributed by atoms with E-state index in [9.17, 15) is 9.59 Å². The molecule has 2 rings (SSSR count). The molecule has 0 aliphatic rings. The van der Waals surface area contributed by atoms with E-state index in [1.807, 2.05) is 24.3 Å². The molecule has 2 aromatic carbocycles. The highest BCUT2D eigenvalue weighted by Gasteiger charge is 2.08. The molecular weight excluding hydrogens is 296 g/mol. The molecule has 0 saturated carbocycles. The number of esters is 2. The molecule has 0 heterocycles. The molecule has 0 aromatic heterocycles. The van der Waals surface area contributed by atoms with E-state index in [0.29, 0.717) is 17.1 Å². The molecule has 0 saturated heterocycles. The fraction of sp³-hybridized carbons (Fsp3) is 0.222. The number of methoxy groups -OCH3 is 1. The Kier molecular flexibility index (Phi) is 5.74. The zero-order chi connectivity index (χ0) is 16.7. The largest absolute Gasteiger partial charge is 0.482 e. The summed E-state index contributed by atoms with van der Waals surface area (Å²) in [6.07, 6.45) is 0.948. The summed E-state index contributed by atoms with van der Waals surface area (Å²) in [4.78, 5) is 23.0. The lowest BCUT2D eigenvalue weighted by Crippen LogP contribution is -2.17. The molecule has 23 heavy (non-hydrogen) atoms. The first-order chi connectivity index (χ1) is 11.1. The van der Waals surface area contributed by atoms with Crippen molar-refractivity contribution >= 4 is 11.9 Å². The number of aryl methyl sites for hydroxylation is 1. The Balaban J connectivity index is 1.85. The van der Waals surface area contributed by atoms with Crippen molar-refractivity contribution in [2.45, 2.75) is 13.3 Å². The SMILES string of the molecule is CCc1ccc(OCC(=O)Oc2ccc(C(=O)OC)cc2)cc1. The summed E-state index contributed by atoms with van der Waals surface area (Å²) >= 11 is 0. The number of benzene rings is 2. The average molecular weight is 314 g/mol. The van der Waals surface area contributed by atoms with E-state index in [-0.39, 0.29) is 6.61 Å². The topological polar surface area (TPSA) is 61.8 Å². The van der Waals surface area contributed by atoms with Crippen LogP contribution < -0.4 is 9.47 Å². The number of rotatable bonds is 6. The van der Waals surface area contributed by atoms with E-state index in [1.54, 1.807) is 0 Å². The Labute approximate surface area is 134 Å². The van der Waals surface area contributed by atoms with E-state index in [4.69, 9.17) is 9.47 Å². The Morgan fingerprint density at radius 1 is 0.913 bits per heavy atom.